The third kappa shape index (κ3) is 5.09. The van der Waals surface area contributed by atoms with Crippen LogP contribution in [0.15, 0.2) is 77.0 Å². The van der Waals surface area contributed by atoms with Gasteiger partial charge < -0.3 is 11.1 Å². The number of primary amides is 1. The molecule has 0 saturated carbocycles. The number of amides is 2. The van der Waals surface area contributed by atoms with Crippen molar-refractivity contribution in [1.29, 1.82) is 0 Å². The van der Waals surface area contributed by atoms with Gasteiger partial charge in [-0.25, -0.2) is 8.78 Å². The molecular formula is C26H24ClF2N3O3S. The predicted octanol–water partition coefficient (Wildman–Crippen LogP) is 4.23. The Balaban J connectivity index is 1.56. The molecule has 1 aliphatic heterocycles. The summed E-state index contributed by atoms with van der Waals surface area (Å²) in [6.45, 7) is 1.41. The van der Waals surface area contributed by atoms with Crippen LogP contribution in [0.1, 0.15) is 30.9 Å². The van der Waals surface area contributed by atoms with Crippen molar-refractivity contribution < 1.29 is 23.2 Å². The van der Waals surface area contributed by atoms with Crippen molar-refractivity contribution in [2.24, 2.45) is 5.73 Å². The summed E-state index contributed by atoms with van der Waals surface area (Å²) < 4.78 is 33.8. The average Bonchev–Trinajstić information content (AvgIpc) is 3.05. The Labute approximate surface area is 216 Å². The van der Waals surface area contributed by atoms with Crippen LogP contribution in [0.25, 0.3) is 0 Å². The van der Waals surface area contributed by atoms with Gasteiger partial charge in [0.25, 0.3) is 0 Å². The number of carbonyl (C=O) groups is 3. The molecule has 4 N–H and O–H groups in total. The standard InChI is InChI=1S/C26H24ClF2N3O3S/c1-25(24(30)35,17-6-4-7-18(27)13-17)31-22(33)12-15-11-19(28)23(34)26(29,14-15)21-10-9-16-5-2-3-8-20(16)36-32-21/h2-8,11,13-14,21,32H,9-10,12H2,1H3,(H2,30,35)(H,31,33)/t21-,25-,26?/m1/s1. The molecule has 1 heterocycles. The van der Waals surface area contributed by atoms with Gasteiger partial charge in [0.1, 0.15) is 5.54 Å². The van der Waals surface area contributed by atoms with Crippen LogP contribution in [-0.2, 0) is 26.3 Å². The molecule has 188 valence electrons. The van der Waals surface area contributed by atoms with Crippen LogP contribution in [0.4, 0.5) is 8.78 Å². The number of hydrogen-bond acceptors (Lipinski definition) is 5. The fourth-order valence-electron chi connectivity index (χ4n) is 4.33. The number of hydrogen-bond donors (Lipinski definition) is 3. The van der Waals surface area contributed by atoms with Gasteiger partial charge >= 0.3 is 0 Å². The van der Waals surface area contributed by atoms with E-state index in [9.17, 15) is 18.8 Å². The fourth-order valence-corrected chi connectivity index (χ4v) is 5.53. The summed E-state index contributed by atoms with van der Waals surface area (Å²) in [6.07, 6.45) is 2.10. The third-order valence-corrected chi connectivity index (χ3v) is 7.67. The maximum atomic E-state index is 16.2. The van der Waals surface area contributed by atoms with Crippen LogP contribution in [0.5, 0.6) is 0 Å². The number of allylic oxidation sites excluding steroid dienone is 2. The molecule has 1 unspecified atom stereocenters. The van der Waals surface area contributed by atoms with Crippen molar-refractivity contribution in [2.75, 3.05) is 0 Å². The number of nitrogens with one attached hydrogen (secondary N) is 2. The first kappa shape index (κ1) is 26.1. The average molecular weight is 532 g/mol. The molecule has 1 aliphatic carbocycles. The van der Waals surface area contributed by atoms with E-state index in [0.29, 0.717) is 17.0 Å². The normalized spacial score (nSPS) is 23.4. The monoisotopic (exact) mass is 531 g/mol. The van der Waals surface area contributed by atoms with E-state index in [2.05, 4.69) is 10.0 Å². The highest BCUT2D eigenvalue weighted by molar-refractivity contribution is 7.97. The predicted molar refractivity (Wildman–Crippen MR) is 134 cm³/mol. The highest BCUT2D eigenvalue weighted by atomic mass is 35.5. The SMILES string of the molecule is C[C@](NC(=O)CC1=CC(F)([C@H]2CCc3ccccc3SN2)C(=O)C(F)=C1)(C(N)=O)c1cccc(Cl)c1. The molecule has 10 heteroatoms. The van der Waals surface area contributed by atoms with Gasteiger partial charge in [-0.2, -0.15) is 0 Å². The molecular weight excluding hydrogens is 508 g/mol. The van der Waals surface area contributed by atoms with Crippen molar-refractivity contribution in [1.82, 2.24) is 10.0 Å². The number of fused-ring (bicyclic) bond motifs is 1. The zero-order valence-corrected chi connectivity index (χ0v) is 20.9. The number of carbonyl (C=O) groups excluding carboxylic acids is 3. The Hall–Kier alpha value is -3.01. The topological polar surface area (TPSA) is 101 Å². The van der Waals surface area contributed by atoms with E-state index in [4.69, 9.17) is 17.3 Å². The van der Waals surface area contributed by atoms with E-state index in [0.717, 1.165) is 22.6 Å². The molecule has 0 aromatic heterocycles. The molecule has 0 saturated heterocycles. The number of Topliss-reactive ketones (excluding diaryl/α,β-unsaturated/α-hetero) is 1. The highest BCUT2D eigenvalue weighted by Gasteiger charge is 2.49. The summed E-state index contributed by atoms with van der Waals surface area (Å²) in [7, 11) is 0. The molecule has 6 nitrogen and oxygen atoms in total. The number of alkyl halides is 1. The summed E-state index contributed by atoms with van der Waals surface area (Å²) in [6, 6.07) is 12.8. The lowest BCUT2D eigenvalue weighted by atomic mass is 9.82. The first-order valence-corrected chi connectivity index (χ1v) is 12.4. The number of rotatable bonds is 6. The lowest BCUT2D eigenvalue weighted by Gasteiger charge is -2.32. The molecule has 2 aliphatic rings. The summed E-state index contributed by atoms with van der Waals surface area (Å²) in [5.74, 6) is -4.12. The number of halogens is 3. The number of aryl methyl sites for hydroxylation is 1. The molecule has 2 aromatic rings. The number of ketones is 1. The second-order valence-corrected chi connectivity index (χ2v) is 10.3. The highest BCUT2D eigenvalue weighted by Crippen LogP contribution is 2.37. The van der Waals surface area contributed by atoms with Gasteiger partial charge in [0.05, 0.1) is 12.5 Å². The largest absolute Gasteiger partial charge is 0.367 e. The minimum Gasteiger partial charge on any atom is -0.367 e. The zero-order chi connectivity index (χ0) is 26.1. The van der Waals surface area contributed by atoms with E-state index in [1.165, 1.54) is 24.9 Å². The molecule has 36 heavy (non-hydrogen) atoms. The Morgan fingerprint density at radius 3 is 2.75 bits per heavy atom. The van der Waals surface area contributed by atoms with E-state index in [-0.39, 0.29) is 12.0 Å². The minimum atomic E-state index is -2.69. The lowest BCUT2D eigenvalue weighted by Crippen LogP contribution is -2.53. The van der Waals surface area contributed by atoms with Gasteiger partial charge in [-0.15, -0.1) is 0 Å². The van der Waals surface area contributed by atoms with Crippen molar-refractivity contribution in [3.63, 3.8) is 0 Å². The Morgan fingerprint density at radius 1 is 1.28 bits per heavy atom. The molecule has 0 bridgehead atoms. The maximum absolute atomic E-state index is 16.2. The van der Waals surface area contributed by atoms with Crippen LogP contribution in [0.2, 0.25) is 5.02 Å². The summed E-state index contributed by atoms with van der Waals surface area (Å²) in [5, 5.41) is 2.89. The second kappa shape index (κ2) is 10.2. The molecule has 0 fully saturated rings. The van der Waals surface area contributed by atoms with E-state index in [1.54, 1.807) is 18.2 Å². The van der Waals surface area contributed by atoms with Gasteiger partial charge in [-0.1, -0.05) is 41.9 Å². The smallest absolute Gasteiger partial charge is 0.247 e. The van der Waals surface area contributed by atoms with Crippen LogP contribution < -0.4 is 15.8 Å². The Bertz CT molecular complexity index is 1270. The van der Waals surface area contributed by atoms with Crippen molar-refractivity contribution >= 4 is 41.1 Å². The second-order valence-electron chi connectivity index (χ2n) is 8.95. The molecule has 0 radical (unpaired) electrons. The summed E-state index contributed by atoms with van der Waals surface area (Å²) in [4.78, 5) is 38.7. The first-order chi connectivity index (χ1) is 17.0. The molecule has 3 atom stereocenters. The fraction of sp³-hybridized carbons (Fsp3) is 0.269. The van der Waals surface area contributed by atoms with Crippen molar-refractivity contribution in [3.05, 3.63) is 88.2 Å². The third-order valence-electron chi connectivity index (χ3n) is 6.41. The van der Waals surface area contributed by atoms with Crippen molar-refractivity contribution in [2.45, 2.75) is 48.3 Å². The molecule has 4 rings (SSSR count). The van der Waals surface area contributed by atoms with Crippen LogP contribution in [0.3, 0.4) is 0 Å². The van der Waals surface area contributed by atoms with Crippen LogP contribution in [0, 0.1) is 0 Å². The van der Waals surface area contributed by atoms with Crippen LogP contribution >= 0.6 is 23.5 Å². The Morgan fingerprint density at radius 2 is 2.03 bits per heavy atom. The summed E-state index contributed by atoms with van der Waals surface area (Å²) >= 11 is 7.20. The van der Waals surface area contributed by atoms with E-state index >= 15 is 4.39 Å². The summed E-state index contributed by atoms with van der Waals surface area (Å²) in [5.41, 5.74) is 2.58. The van der Waals surface area contributed by atoms with E-state index in [1.807, 2.05) is 24.3 Å². The quantitative estimate of drug-likeness (QED) is 0.484. The van der Waals surface area contributed by atoms with Gasteiger partial charge in [0, 0.05) is 9.92 Å². The number of benzene rings is 2. The molecule has 2 aromatic carbocycles. The van der Waals surface area contributed by atoms with Gasteiger partial charge in [-0.3, -0.25) is 19.1 Å². The van der Waals surface area contributed by atoms with E-state index < -0.39 is 47.1 Å². The number of nitrogens with two attached hydrogens (primary N) is 1. The van der Waals surface area contributed by atoms with Gasteiger partial charge in [-0.05, 0) is 78.8 Å². The lowest BCUT2D eigenvalue weighted by molar-refractivity contribution is -0.131. The Kier molecular flexibility index (Phi) is 7.36. The maximum Gasteiger partial charge on any atom is 0.247 e. The van der Waals surface area contributed by atoms with Gasteiger partial charge in [0.2, 0.25) is 23.3 Å². The van der Waals surface area contributed by atoms with Crippen LogP contribution in [-0.4, -0.2) is 29.3 Å². The minimum absolute atomic E-state index is 0.0291. The van der Waals surface area contributed by atoms with Gasteiger partial charge in [0.15, 0.2) is 5.83 Å². The molecule has 2 amide bonds. The molecule has 0 spiro atoms. The van der Waals surface area contributed by atoms with Crippen molar-refractivity contribution in [3.8, 4) is 0 Å². The first-order valence-electron chi connectivity index (χ1n) is 11.2. The zero-order valence-electron chi connectivity index (χ0n) is 19.3.